The Morgan fingerprint density at radius 3 is 2.89 bits per heavy atom. The molecule has 1 heterocycles. The molecule has 1 fully saturated rings. The van der Waals surface area contributed by atoms with Gasteiger partial charge in [0.25, 0.3) is 0 Å². The number of likely N-dealkylation sites (N-methyl/N-ethyl adjacent to an activating group) is 1. The zero-order valence-electron chi connectivity index (χ0n) is 11.0. The summed E-state index contributed by atoms with van der Waals surface area (Å²) in [7, 11) is 2.20. The van der Waals surface area contributed by atoms with Crippen LogP contribution in [-0.2, 0) is 5.33 Å². The average Bonchev–Trinajstić information content (AvgIpc) is 2.50. The van der Waals surface area contributed by atoms with Crippen LogP contribution in [0, 0.1) is 0 Å². The van der Waals surface area contributed by atoms with Crippen molar-refractivity contribution in [2.45, 2.75) is 24.7 Å². The van der Waals surface area contributed by atoms with Gasteiger partial charge in [-0.3, -0.25) is 0 Å². The molecule has 0 bridgehead atoms. The third kappa shape index (κ3) is 3.19. The number of hydrogen-bond donors (Lipinski definition) is 0. The minimum atomic E-state index is 0.538. The Labute approximate surface area is 123 Å². The molecule has 0 N–H and O–H groups in total. The highest BCUT2D eigenvalue weighted by molar-refractivity contribution is 9.08. The second kappa shape index (κ2) is 6.27. The van der Waals surface area contributed by atoms with Gasteiger partial charge < -0.3 is 9.80 Å². The maximum Gasteiger partial charge on any atom is 0.0411 e. The van der Waals surface area contributed by atoms with Crippen LogP contribution < -0.4 is 4.90 Å². The molecule has 2 rings (SSSR count). The molecule has 1 aromatic rings. The molecule has 0 saturated carbocycles. The van der Waals surface area contributed by atoms with Crippen molar-refractivity contribution in [1.29, 1.82) is 0 Å². The van der Waals surface area contributed by atoms with E-state index < -0.39 is 0 Å². The molecule has 0 amide bonds. The van der Waals surface area contributed by atoms with Gasteiger partial charge in [-0.05, 0) is 50.7 Å². The summed E-state index contributed by atoms with van der Waals surface area (Å²) in [6, 6.07) is 6.74. The van der Waals surface area contributed by atoms with Crippen molar-refractivity contribution in [2.75, 3.05) is 31.6 Å². The predicted molar refractivity (Wildman–Crippen MR) is 83.0 cm³/mol. The molecule has 2 nitrogen and oxygen atoms in total. The lowest BCUT2D eigenvalue weighted by atomic mass is 10.1. The van der Waals surface area contributed by atoms with Crippen molar-refractivity contribution >= 4 is 33.2 Å². The van der Waals surface area contributed by atoms with Crippen LogP contribution >= 0.6 is 27.5 Å². The van der Waals surface area contributed by atoms with Gasteiger partial charge in [-0.25, -0.2) is 0 Å². The fraction of sp³-hybridized carbons (Fsp3) is 0.571. The number of halogens is 2. The van der Waals surface area contributed by atoms with E-state index in [-0.39, 0.29) is 0 Å². The second-order valence-electron chi connectivity index (χ2n) is 5.06. The number of benzene rings is 1. The highest BCUT2D eigenvalue weighted by Gasteiger charge is 2.21. The second-order valence-corrected chi connectivity index (χ2v) is 6.06. The van der Waals surface area contributed by atoms with E-state index >= 15 is 0 Å². The Bertz CT molecular complexity index is 411. The Kier molecular flexibility index (Phi) is 4.93. The summed E-state index contributed by atoms with van der Waals surface area (Å²) in [6.07, 6.45) is 1.21. The molecule has 1 aliphatic heterocycles. The zero-order valence-corrected chi connectivity index (χ0v) is 13.3. The quantitative estimate of drug-likeness (QED) is 0.761. The summed E-state index contributed by atoms with van der Waals surface area (Å²) >= 11 is 9.64. The Morgan fingerprint density at radius 1 is 1.39 bits per heavy atom. The molecule has 0 aliphatic carbocycles. The number of hydrogen-bond acceptors (Lipinski definition) is 2. The Hall–Kier alpha value is -0.250. The summed E-state index contributed by atoms with van der Waals surface area (Å²) in [6.45, 7) is 5.71. The molecule has 1 aromatic carbocycles. The van der Waals surface area contributed by atoms with Crippen LogP contribution in [0.15, 0.2) is 18.2 Å². The zero-order chi connectivity index (χ0) is 13.1. The largest absolute Gasteiger partial charge is 0.367 e. The van der Waals surface area contributed by atoms with E-state index in [4.69, 9.17) is 11.6 Å². The van der Waals surface area contributed by atoms with Gasteiger partial charge in [0.2, 0.25) is 0 Å². The Balaban J connectivity index is 2.29. The predicted octanol–water partition coefficient (Wildman–Crippen LogP) is 3.77. The van der Waals surface area contributed by atoms with Crippen LogP contribution in [0.2, 0.25) is 5.02 Å². The van der Waals surface area contributed by atoms with Gasteiger partial charge in [-0.1, -0.05) is 27.5 Å². The van der Waals surface area contributed by atoms with Crippen LogP contribution in [-0.4, -0.2) is 37.6 Å². The molecule has 18 heavy (non-hydrogen) atoms. The first kappa shape index (κ1) is 14.2. The summed E-state index contributed by atoms with van der Waals surface area (Å²) in [5.41, 5.74) is 2.60. The number of anilines is 1. The van der Waals surface area contributed by atoms with Gasteiger partial charge in [0.15, 0.2) is 0 Å². The summed E-state index contributed by atoms with van der Waals surface area (Å²) in [5.74, 6) is 0. The van der Waals surface area contributed by atoms with Crippen molar-refractivity contribution < 1.29 is 0 Å². The SMILES string of the molecule is CC1CN(C)CCCN1c1ccc(Cl)cc1CBr. The lowest BCUT2D eigenvalue weighted by Gasteiger charge is -2.31. The van der Waals surface area contributed by atoms with Crippen LogP contribution in [0.5, 0.6) is 0 Å². The molecule has 1 aliphatic rings. The van der Waals surface area contributed by atoms with E-state index in [1.165, 1.54) is 24.2 Å². The van der Waals surface area contributed by atoms with Gasteiger partial charge in [0.05, 0.1) is 0 Å². The smallest absolute Gasteiger partial charge is 0.0411 e. The van der Waals surface area contributed by atoms with Crippen molar-refractivity contribution in [3.63, 3.8) is 0 Å². The molecule has 1 unspecified atom stereocenters. The third-order valence-electron chi connectivity index (χ3n) is 3.54. The lowest BCUT2D eigenvalue weighted by Crippen LogP contribution is -2.38. The van der Waals surface area contributed by atoms with Crippen molar-refractivity contribution in [3.05, 3.63) is 28.8 Å². The van der Waals surface area contributed by atoms with E-state index in [0.717, 1.165) is 23.4 Å². The molecular weight excluding hydrogens is 312 g/mol. The molecular formula is C14H20BrClN2. The van der Waals surface area contributed by atoms with Crippen LogP contribution in [0.4, 0.5) is 5.69 Å². The molecule has 0 radical (unpaired) electrons. The highest BCUT2D eigenvalue weighted by atomic mass is 79.9. The van der Waals surface area contributed by atoms with Gasteiger partial charge in [0, 0.05) is 35.2 Å². The minimum absolute atomic E-state index is 0.538. The van der Waals surface area contributed by atoms with Crippen LogP contribution in [0.3, 0.4) is 0 Å². The van der Waals surface area contributed by atoms with E-state index in [1.807, 2.05) is 6.07 Å². The maximum absolute atomic E-state index is 6.08. The fourth-order valence-electron chi connectivity index (χ4n) is 2.67. The van der Waals surface area contributed by atoms with Crippen molar-refractivity contribution in [2.24, 2.45) is 0 Å². The van der Waals surface area contributed by atoms with E-state index in [0.29, 0.717) is 6.04 Å². The summed E-state index contributed by atoms with van der Waals surface area (Å²) in [5, 5.41) is 1.66. The van der Waals surface area contributed by atoms with E-state index in [2.05, 4.69) is 51.8 Å². The average molecular weight is 332 g/mol. The van der Waals surface area contributed by atoms with Crippen LogP contribution in [0.25, 0.3) is 0 Å². The molecule has 100 valence electrons. The standard InChI is InChI=1S/C14H20BrClN2/c1-11-10-17(2)6-3-7-18(11)14-5-4-13(16)8-12(14)9-15/h4-5,8,11H,3,6-7,9-10H2,1-2H3. The topological polar surface area (TPSA) is 6.48 Å². The number of nitrogens with zero attached hydrogens (tertiary/aromatic N) is 2. The van der Waals surface area contributed by atoms with Gasteiger partial charge in [0.1, 0.15) is 0 Å². The minimum Gasteiger partial charge on any atom is -0.367 e. The van der Waals surface area contributed by atoms with E-state index in [9.17, 15) is 0 Å². The van der Waals surface area contributed by atoms with Gasteiger partial charge in [-0.2, -0.15) is 0 Å². The van der Waals surface area contributed by atoms with Crippen LogP contribution in [0.1, 0.15) is 18.9 Å². The molecule has 1 saturated heterocycles. The molecule has 1 atom stereocenters. The normalized spacial score (nSPS) is 22.0. The number of alkyl halides is 1. The number of rotatable bonds is 2. The highest BCUT2D eigenvalue weighted by Crippen LogP contribution is 2.29. The first-order valence-electron chi connectivity index (χ1n) is 6.41. The maximum atomic E-state index is 6.08. The molecule has 4 heteroatoms. The van der Waals surface area contributed by atoms with Gasteiger partial charge >= 0.3 is 0 Å². The summed E-state index contributed by atoms with van der Waals surface area (Å²) < 4.78 is 0. The first-order chi connectivity index (χ1) is 8.61. The molecule has 0 spiro atoms. The van der Waals surface area contributed by atoms with Crippen molar-refractivity contribution in [3.8, 4) is 0 Å². The Morgan fingerprint density at radius 2 is 2.17 bits per heavy atom. The van der Waals surface area contributed by atoms with E-state index in [1.54, 1.807) is 0 Å². The van der Waals surface area contributed by atoms with Gasteiger partial charge in [-0.15, -0.1) is 0 Å². The monoisotopic (exact) mass is 330 g/mol. The lowest BCUT2D eigenvalue weighted by molar-refractivity contribution is 0.337. The first-order valence-corrected chi connectivity index (χ1v) is 7.91. The third-order valence-corrected chi connectivity index (χ3v) is 4.38. The molecule has 0 aromatic heterocycles. The summed E-state index contributed by atoms with van der Waals surface area (Å²) in [4.78, 5) is 4.92. The van der Waals surface area contributed by atoms with Crippen molar-refractivity contribution in [1.82, 2.24) is 4.90 Å². The fourth-order valence-corrected chi connectivity index (χ4v) is 3.32.